The van der Waals surface area contributed by atoms with Crippen molar-refractivity contribution >= 4 is 27.5 Å². The predicted molar refractivity (Wildman–Crippen MR) is 113 cm³/mol. The standard InChI is InChI=1S/C21H20ClN3O4S/c1-15-19(23-20(29-15)16-7-3-2-4-8-16)21(26)24-11-13-25(14-12-24)30(27,28)18-10-6-5-9-17(18)22/h2-10H,11-14H2,1H3. The first-order chi connectivity index (χ1) is 14.4. The van der Waals surface area contributed by atoms with E-state index in [0.717, 1.165) is 5.56 Å². The number of piperazine rings is 1. The largest absolute Gasteiger partial charge is 0.441 e. The Labute approximate surface area is 179 Å². The summed E-state index contributed by atoms with van der Waals surface area (Å²) in [7, 11) is -3.72. The zero-order valence-corrected chi connectivity index (χ0v) is 17.9. The number of carbonyl (C=O) groups is 1. The van der Waals surface area contributed by atoms with E-state index < -0.39 is 10.0 Å². The van der Waals surface area contributed by atoms with Crippen LogP contribution in [0.25, 0.3) is 11.5 Å². The number of oxazole rings is 1. The Morgan fingerprint density at radius 2 is 1.63 bits per heavy atom. The van der Waals surface area contributed by atoms with Crippen LogP contribution in [0.2, 0.25) is 5.02 Å². The molecule has 1 aliphatic heterocycles. The average Bonchev–Trinajstić information content (AvgIpc) is 3.16. The number of benzene rings is 2. The molecule has 1 amide bonds. The van der Waals surface area contributed by atoms with Crippen LogP contribution in [-0.2, 0) is 10.0 Å². The number of rotatable bonds is 4. The Hall–Kier alpha value is -2.68. The summed E-state index contributed by atoms with van der Waals surface area (Å²) in [4.78, 5) is 19.0. The van der Waals surface area contributed by atoms with E-state index in [1.54, 1.807) is 30.0 Å². The van der Waals surface area contributed by atoms with Crippen molar-refractivity contribution in [1.29, 1.82) is 0 Å². The van der Waals surface area contributed by atoms with Gasteiger partial charge in [-0.2, -0.15) is 4.31 Å². The topological polar surface area (TPSA) is 83.7 Å². The van der Waals surface area contributed by atoms with Gasteiger partial charge in [0, 0.05) is 31.7 Å². The molecule has 0 radical (unpaired) electrons. The van der Waals surface area contributed by atoms with Gasteiger partial charge >= 0.3 is 0 Å². The second-order valence-electron chi connectivity index (χ2n) is 6.92. The van der Waals surface area contributed by atoms with E-state index in [1.807, 2.05) is 30.3 Å². The van der Waals surface area contributed by atoms with Crippen molar-refractivity contribution < 1.29 is 17.6 Å². The molecule has 2 aromatic carbocycles. The molecule has 0 aliphatic carbocycles. The molecule has 1 saturated heterocycles. The van der Waals surface area contributed by atoms with Crippen LogP contribution in [0, 0.1) is 6.92 Å². The molecule has 2 heterocycles. The van der Waals surface area contributed by atoms with Crippen LogP contribution in [-0.4, -0.2) is 54.7 Å². The van der Waals surface area contributed by atoms with E-state index in [2.05, 4.69) is 4.98 Å². The first-order valence-electron chi connectivity index (χ1n) is 9.45. The quantitative estimate of drug-likeness (QED) is 0.614. The number of sulfonamides is 1. The lowest BCUT2D eigenvalue weighted by atomic mass is 10.2. The number of carbonyl (C=O) groups excluding carboxylic acids is 1. The van der Waals surface area contributed by atoms with Gasteiger partial charge in [-0.1, -0.05) is 41.9 Å². The maximum Gasteiger partial charge on any atom is 0.276 e. The van der Waals surface area contributed by atoms with Crippen molar-refractivity contribution in [3.05, 3.63) is 71.1 Å². The highest BCUT2D eigenvalue weighted by atomic mass is 35.5. The molecular formula is C21H20ClN3O4S. The summed E-state index contributed by atoms with van der Waals surface area (Å²) in [5.41, 5.74) is 1.03. The number of hydrogen-bond donors (Lipinski definition) is 0. The Kier molecular flexibility index (Phi) is 5.64. The Bertz CT molecular complexity index is 1170. The molecule has 7 nitrogen and oxygen atoms in total. The maximum atomic E-state index is 13.0. The molecule has 0 N–H and O–H groups in total. The van der Waals surface area contributed by atoms with Gasteiger partial charge in [0.15, 0.2) is 5.69 Å². The van der Waals surface area contributed by atoms with E-state index in [-0.39, 0.29) is 47.7 Å². The van der Waals surface area contributed by atoms with Gasteiger partial charge in [-0.15, -0.1) is 0 Å². The number of aryl methyl sites for hydroxylation is 1. The lowest BCUT2D eigenvalue weighted by Crippen LogP contribution is -2.50. The monoisotopic (exact) mass is 445 g/mol. The van der Waals surface area contributed by atoms with Crippen LogP contribution >= 0.6 is 11.6 Å². The predicted octanol–water partition coefficient (Wildman–Crippen LogP) is 3.45. The smallest absolute Gasteiger partial charge is 0.276 e. The van der Waals surface area contributed by atoms with Gasteiger partial charge in [-0.3, -0.25) is 4.79 Å². The number of hydrogen-bond acceptors (Lipinski definition) is 5. The molecule has 1 aromatic heterocycles. The van der Waals surface area contributed by atoms with E-state index in [4.69, 9.17) is 16.0 Å². The molecule has 9 heteroatoms. The van der Waals surface area contributed by atoms with E-state index in [1.165, 1.54) is 10.4 Å². The fourth-order valence-electron chi connectivity index (χ4n) is 3.37. The van der Waals surface area contributed by atoms with E-state index in [9.17, 15) is 13.2 Å². The molecule has 0 atom stereocenters. The van der Waals surface area contributed by atoms with Gasteiger partial charge in [0.05, 0.1) is 5.02 Å². The van der Waals surface area contributed by atoms with Crippen LogP contribution in [0.3, 0.4) is 0 Å². The van der Waals surface area contributed by atoms with Gasteiger partial charge in [0.25, 0.3) is 5.91 Å². The first-order valence-corrected chi connectivity index (χ1v) is 11.3. The SMILES string of the molecule is Cc1oc(-c2ccccc2)nc1C(=O)N1CCN(S(=O)(=O)c2ccccc2Cl)CC1. The second-order valence-corrected chi connectivity index (χ2v) is 9.23. The molecular weight excluding hydrogens is 426 g/mol. The molecule has 1 fully saturated rings. The number of aromatic nitrogens is 1. The fraction of sp³-hybridized carbons (Fsp3) is 0.238. The van der Waals surface area contributed by atoms with Crippen molar-refractivity contribution in [2.45, 2.75) is 11.8 Å². The minimum Gasteiger partial charge on any atom is -0.441 e. The Morgan fingerprint density at radius 3 is 2.30 bits per heavy atom. The molecule has 1 aliphatic rings. The zero-order chi connectivity index (χ0) is 21.3. The summed E-state index contributed by atoms with van der Waals surface area (Å²) in [6.07, 6.45) is 0. The molecule has 0 spiro atoms. The number of halogens is 1. The van der Waals surface area contributed by atoms with Gasteiger partial charge in [0.2, 0.25) is 15.9 Å². The maximum absolute atomic E-state index is 13.0. The first kappa shape index (κ1) is 20.6. The van der Waals surface area contributed by atoms with Crippen molar-refractivity contribution in [3.63, 3.8) is 0 Å². The minimum atomic E-state index is -3.72. The number of amides is 1. The third-order valence-corrected chi connectivity index (χ3v) is 7.40. The molecule has 4 rings (SSSR count). The third-order valence-electron chi connectivity index (χ3n) is 5.00. The van der Waals surface area contributed by atoms with Crippen molar-refractivity contribution in [2.75, 3.05) is 26.2 Å². The van der Waals surface area contributed by atoms with E-state index in [0.29, 0.717) is 11.7 Å². The van der Waals surface area contributed by atoms with Gasteiger partial charge in [-0.05, 0) is 31.2 Å². The molecule has 156 valence electrons. The van der Waals surface area contributed by atoms with Crippen LogP contribution in [0.1, 0.15) is 16.2 Å². The zero-order valence-electron chi connectivity index (χ0n) is 16.3. The highest BCUT2D eigenvalue weighted by Gasteiger charge is 2.33. The average molecular weight is 446 g/mol. The molecule has 3 aromatic rings. The normalized spacial score (nSPS) is 15.3. The Balaban J connectivity index is 1.48. The molecule has 0 unspecified atom stereocenters. The van der Waals surface area contributed by atoms with Crippen molar-refractivity contribution in [1.82, 2.24) is 14.2 Å². The Morgan fingerprint density at radius 1 is 1.00 bits per heavy atom. The van der Waals surface area contributed by atoms with E-state index >= 15 is 0 Å². The fourth-order valence-corrected chi connectivity index (χ4v) is 5.29. The third kappa shape index (κ3) is 3.86. The van der Waals surface area contributed by atoms with Crippen LogP contribution in [0.4, 0.5) is 0 Å². The highest BCUT2D eigenvalue weighted by Crippen LogP contribution is 2.26. The number of nitrogens with zero attached hydrogens (tertiary/aromatic N) is 3. The van der Waals surface area contributed by atoms with Crippen LogP contribution in [0.5, 0.6) is 0 Å². The van der Waals surface area contributed by atoms with Gasteiger partial charge < -0.3 is 9.32 Å². The second kappa shape index (κ2) is 8.22. The lowest BCUT2D eigenvalue weighted by molar-refractivity contribution is 0.0691. The van der Waals surface area contributed by atoms with Crippen molar-refractivity contribution in [2.24, 2.45) is 0 Å². The summed E-state index contributed by atoms with van der Waals surface area (Å²) in [5, 5.41) is 0.183. The van der Waals surface area contributed by atoms with Crippen molar-refractivity contribution in [3.8, 4) is 11.5 Å². The summed E-state index contributed by atoms with van der Waals surface area (Å²) >= 11 is 6.07. The molecule has 0 bridgehead atoms. The molecule has 0 saturated carbocycles. The highest BCUT2D eigenvalue weighted by molar-refractivity contribution is 7.89. The lowest BCUT2D eigenvalue weighted by Gasteiger charge is -2.33. The molecule has 30 heavy (non-hydrogen) atoms. The summed E-state index contributed by atoms with van der Waals surface area (Å²) < 4.78 is 32.8. The van der Waals surface area contributed by atoms with Gasteiger partial charge in [0.1, 0.15) is 10.7 Å². The van der Waals surface area contributed by atoms with Gasteiger partial charge in [-0.25, -0.2) is 13.4 Å². The summed E-state index contributed by atoms with van der Waals surface area (Å²) in [6, 6.07) is 15.7. The summed E-state index contributed by atoms with van der Waals surface area (Å²) in [5.74, 6) is 0.551. The summed E-state index contributed by atoms with van der Waals surface area (Å²) in [6.45, 7) is 2.58. The van der Waals surface area contributed by atoms with Crippen LogP contribution in [0.15, 0.2) is 63.9 Å². The minimum absolute atomic E-state index is 0.0753. The van der Waals surface area contributed by atoms with Crippen LogP contribution < -0.4 is 0 Å².